The van der Waals surface area contributed by atoms with Crippen molar-refractivity contribution in [3.05, 3.63) is 94.3 Å². The number of hydrogen-bond donors (Lipinski definition) is 3. The van der Waals surface area contributed by atoms with Gasteiger partial charge < -0.3 is 15.1 Å². The lowest BCUT2D eigenvalue weighted by Crippen LogP contribution is -2.21. The van der Waals surface area contributed by atoms with Crippen molar-refractivity contribution in [1.82, 2.24) is 5.32 Å². The summed E-state index contributed by atoms with van der Waals surface area (Å²) in [5.41, 5.74) is 1.43. The summed E-state index contributed by atoms with van der Waals surface area (Å²) in [5.74, 6) is 0.0550. The monoisotopic (exact) mass is 435 g/mol. The van der Waals surface area contributed by atoms with Crippen LogP contribution >= 0.6 is 11.6 Å². The zero-order valence-electron chi connectivity index (χ0n) is 17.1. The van der Waals surface area contributed by atoms with Gasteiger partial charge in [0.15, 0.2) is 0 Å². The van der Waals surface area contributed by atoms with Crippen LogP contribution in [0, 0.1) is 0 Å². The summed E-state index contributed by atoms with van der Waals surface area (Å²) in [6.45, 7) is 0. The van der Waals surface area contributed by atoms with Gasteiger partial charge in [0.2, 0.25) is 5.88 Å². The third-order valence-corrected chi connectivity index (χ3v) is 4.45. The molecule has 4 aromatic rings. The van der Waals surface area contributed by atoms with Gasteiger partial charge in [0, 0.05) is 16.1 Å². The Labute approximate surface area is 184 Å². The lowest BCUT2D eigenvalue weighted by Gasteiger charge is -2.13. The van der Waals surface area contributed by atoms with Gasteiger partial charge in [-0.3, -0.25) is 5.32 Å². The van der Waals surface area contributed by atoms with Gasteiger partial charge in [0.05, 0.1) is 10.9 Å². The number of anilines is 2. The molecule has 3 N–H and O–H groups in total. The van der Waals surface area contributed by atoms with E-state index in [0.29, 0.717) is 27.0 Å². The zero-order valence-corrected chi connectivity index (χ0v) is 17.9. The minimum atomic E-state index is -0.554. The van der Waals surface area contributed by atoms with E-state index in [4.69, 9.17) is 16.0 Å². The second kappa shape index (κ2) is 10.4. The van der Waals surface area contributed by atoms with E-state index in [-0.39, 0.29) is 5.88 Å². The van der Waals surface area contributed by atoms with Crippen LogP contribution in [0.25, 0.3) is 21.9 Å². The molecule has 0 radical (unpaired) electrons. The number of fused-ring (bicyclic) bond motifs is 1. The number of amides is 2. The van der Waals surface area contributed by atoms with Crippen molar-refractivity contribution in [2.45, 2.75) is 0 Å². The molecule has 7 heteroatoms. The second-order valence-corrected chi connectivity index (χ2v) is 7.03. The second-order valence-electron chi connectivity index (χ2n) is 6.59. The maximum absolute atomic E-state index is 12.5. The number of urea groups is 1. The number of nitrogens with one attached hydrogen (secondary N) is 3. The van der Waals surface area contributed by atoms with E-state index in [2.05, 4.69) is 16.0 Å². The molecule has 4 rings (SSSR count). The average Bonchev–Trinajstić information content (AvgIpc) is 2.75. The number of benzene rings is 3. The third kappa shape index (κ3) is 5.51. The SMILES string of the molecule is CNC.O=C(Nc1ccccc1)Nc1oc(=O)c2ccc(Cl)cc2c1-c1ccccc1. The highest BCUT2D eigenvalue weighted by molar-refractivity contribution is 6.31. The highest BCUT2D eigenvalue weighted by Crippen LogP contribution is 2.35. The number of halogens is 1. The van der Waals surface area contributed by atoms with Gasteiger partial charge in [-0.2, -0.15) is 0 Å². The first-order chi connectivity index (χ1) is 15.0. The van der Waals surface area contributed by atoms with Crippen molar-refractivity contribution in [2.75, 3.05) is 24.7 Å². The number of para-hydroxylation sites is 1. The van der Waals surface area contributed by atoms with E-state index in [0.717, 1.165) is 5.56 Å². The van der Waals surface area contributed by atoms with Crippen LogP contribution in [0.15, 0.2) is 88.1 Å². The fourth-order valence-corrected chi connectivity index (χ4v) is 3.16. The van der Waals surface area contributed by atoms with Crippen LogP contribution < -0.4 is 21.6 Å². The normalized spacial score (nSPS) is 10.2. The van der Waals surface area contributed by atoms with Gasteiger partial charge >= 0.3 is 11.7 Å². The van der Waals surface area contributed by atoms with Crippen LogP contribution in [0.4, 0.5) is 16.4 Å². The van der Waals surface area contributed by atoms with Gasteiger partial charge in [-0.05, 0) is 50.0 Å². The Morgan fingerprint density at radius 2 is 1.45 bits per heavy atom. The van der Waals surface area contributed by atoms with Gasteiger partial charge in [0.25, 0.3) is 0 Å². The highest BCUT2D eigenvalue weighted by atomic mass is 35.5. The molecule has 0 saturated carbocycles. The largest absolute Gasteiger partial charge is 0.405 e. The Morgan fingerprint density at radius 3 is 2.10 bits per heavy atom. The molecule has 0 saturated heterocycles. The van der Waals surface area contributed by atoms with Crippen molar-refractivity contribution in [3.8, 4) is 11.1 Å². The maximum atomic E-state index is 12.5. The van der Waals surface area contributed by atoms with Crippen LogP contribution in [0.5, 0.6) is 0 Å². The molecule has 1 heterocycles. The fraction of sp³-hybridized carbons (Fsp3) is 0.0833. The number of rotatable bonds is 3. The first-order valence-corrected chi connectivity index (χ1v) is 9.94. The van der Waals surface area contributed by atoms with Crippen LogP contribution in [0.3, 0.4) is 0 Å². The molecule has 2 amide bonds. The summed E-state index contributed by atoms with van der Waals surface area (Å²) in [6, 6.07) is 22.8. The van der Waals surface area contributed by atoms with Crippen LogP contribution in [-0.2, 0) is 0 Å². The first kappa shape index (κ1) is 22.1. The molecule has 0 atom stereocenters. The highest BCUT2D eigenvalue weighted by Gasteiger charge is 2.18. The molecule has 0 spiro atoms. The number of hydrogen-bond acceptors (Lipinski definition) is 4. The van der Waals surface area contributed by atoms with Gasteiger partial charge in [-0.1, -0.05) is 60.1 Å². The molecule has 0 aliphatic carbocycles. The van der Waals surface area contributed by atoms with E-state index in [1.165, 1.54) is 0 Å². The van der Waals surface area contributed by atoms with E-state index in [9.17, 15) is 9.59 Å². The minimum absolute atomic E-state index is 0.0550. The predicted molar refractivity (Wildman–Crippen MR) is 127 cm³/mol. The molecular formula is C24H22ClN3O3. The Morgan fingerprint density at radius 1 is 0.839 bits per heavy atom. The molecule has 1 aromatic heterocycles. The quantitative estimate of drug-likeness (QED) is 0.391. The minimum Gasteiger partial charge on any atom is -0.405 e. The molecule has 3 aromatic carbocycles. The Hall–Kier alpha value is -3.61. The van der Waals surface area contributed by atoms with Crippen molar-refractivity contribution in [1.29, 1.82) is 0 Å². The van der Waals surface area contributed by atoms with E-state index in [1.54, 1.807) is 30.3 Å². The molecule has 31 heavy (non-hydrogen) atoms. The molecule has 6 nitrogen and oxygen atoms in total. The first-order valence-electron chi connectivity index (χ1n) is 9.56. The number of carbonyl (C=O) groups is 1. The molecular weight excluding hydrogens is 414 g/mol. The fourth-order valence-electron chi connectivity index (χ4n) is 2.99. The molecule has 158 valence electrons. The van der Waals surface area contributed by atoms with E-state index >= 15 is 0 Å². The Kier molecular flexibility index (Phi) is 7.43. The smallest absolute Gasteiger partial charge is 0.345 e. The van der Waals surface area contributed by atoms with Gasteiger partial charge in [-0.15, -0.1) is 0 Å². The summed E-state index contributed by atoms with van der Waals surface area (Å²) >= 11 is 6.16. The summed E-state index contributed by atoms with van der Waals surface area (Å²) in [5, 5.41) is 9.58. The summed E-state index contributed by atoms with van der Waals surface area (Å²) in [7, 11) is 3.75. The van der Waals surface area contributed by atoms with Gasteiger partial charge in [-0.25, -0.2) is 9.59 Å². The van der Waals surface area contributed by atoms with E-state index in [1.807, 2.05) is 62.6 Å². The lowest BCUT2D eigenvalue weighted by atomic mass is 10.0. The number of carbonyl (C=O) groups excluding carboxylic acids is 1. The van der Waals surface area contributed by atoms with Crippen molar-refractivity contribution < 1.29 is 9.21 Å². The van der Waals surface area contributed by atoms with Crippen LogP contribution in [-0.4, -0.2) is 20.1 Å². The Bertz CT molecular complexity index is 1230. The standard InChI is InChI=1S/C22H15ClN2O3.C2H7N/c23-15-11-12-17-18(13-15)19(14-7-3-1-4-8-14)20(28-21(17)26)25-22(27)24-16-9-5-2-6-10-16;1-3-2/h1-13H,(H2,24,25,27);3H,1-2H3. The van der Waals surface area contributed by atoms with Crippen molar-refractivity contribution in [2.24, 2.45) is 0 Å². The summed E-state index contributed by atoms with van der Waals surface area (Å²) in [6.07, 6.45) is 0. The summed E-state index contributed by atoms with van der Waals surface area (Å²) in [4.78, 5) is 24.9. The van der Waals surface area contributed by atoms with Crippen LogP contribution in [0.2, 0.25) is 5.02 Å². The average molecular weight is 436 g/mol. The molecule has 0 aliphatic rings. The molecule has 0 bridgehead atoms. The van der Waals surface area contributed by atoms with Gasteiger partial charge in [0.1, 0.15) is 0 Å². The third-order valence-electron chi connectivity index (χ3n) is 4.21. The summed E-state index contributed by atoms with van der Waals surface area (Å²) < 4.78 is 5.45. The molecule has 0 fully saturated rings. The topological polar surface area (TPSA) is 83.4 Å². The van der Waals surface area contributed by atoms with E-state index < -0.39 is 11.7 Å². The Balaban J connectivity index is 0.000000858. The lowest BCUT2D eigenvalue weighted by molar-refractivity contribution is 0.261. The zero-order chi connectivity index (χ0) is 22.2. The predicted octanol–water partition coefficient (Wildman–Crippen LogP) is 5.59. The molecule has 0 aliphatic heterocycles. The van der Waals surface area contributed by atoms with Crippen molar-refractivity contribution in [3.63, 3.8) is 0 Å². The van der Waals surface area contributed by atoms with Crippen LogP contribution in [0.1, 0.15) is 0 Å². The maximum Gasteiger partial charge on any atom is 0.345 e. The van der Waals surface area contributed by atoms with Crippen molar-refractivity contribution >= 4 is 40.0 Å². The molecule has 0 unspecified atom stereocenters.